The Morgan fingerprint density at radius 1 is 1.26 bits per heavy atom. The monoisotopic (exact) mass is 548 g/mol. The van der Waals surface area contributed by atoms with Gasteiger partial charge in [0.2, 0.25) is 5.95 Å². The summed E-state index contributed by atoms with van der Waals surface area (Å²) < 4.78 is 5.71. The second-order valence-electron chi connectivity index (χ2n) is 10.7. The zero-order chi connectivity index (χ0) is 26.9. The lowest BCUT2D eigenvalue weighted by atomic mass is 9.73. The number of anilines is 2. The lowest BCUT2D eigenvalue weighted by molar-refractivity contribution is 0.0963. The van der Waals surface area contributed by atoms with E-state index in [2.05, 4.69) is 33.8 Å². The Bertz CT molecular complexity index is 1360. The second kappa shape index (κ2) is 11.3. The maximum absolute atomic E-state index is 12.2. The number of hydrogen-bond acceptors (Lipinski definition) is 9. The first kappa shape index (κ1) is 26.3. The molecule has 1 aliphatic carbocycles. The minimum Gasteiger partial charge on any atom is -0.395 e. The van der Waals surface area contributed by atoms with Crippen molar-refractivity contribution in [2.75, 3.05) is 62.1 Å². The van der Waals surface area contributed by atoms with Gasteiger partial charge in [0.05, 0.1) is 36.9 Å². The fourth-order valence-electron chi connectivity index (χ4n) is 6.12. The summed E-state index contributed by atoms with van der Waals surface area (Å²) in [4.78, 5) is 31.7. The highest BCUT2D eigenvalue weighted by atomic mass is 32.2. The highest BCUT2D eigenvalue weighted by Gasteiger charge is 2.45. The summed E-state index contributed by atoms with van der Waals surface area (Å²) in [6.45, 7) is 5.54. The molecule has 1 aromatic carbocycles. The van der Waals surface area contributed by atoms with E-state index >= 15 is 0 Å². The molecule has 4 heterocycles. The highest BCUT2D eigenvalue weighted by Crippen LogP contribution is 2.50. The van der Waals surface area contributed by atoms with Crippen LogP contribution >= 0.6 is 11.8 Å². The first-order valence-corrected chi connectivity index (χ1v) is 14.9. The van der Waals surface area contributed by atoms with Crippen molar-refractivity contribution in [1.82, 2.24) is 20.3 Å². The van der Waals surface area contributed by atoms with Gasteiger partial charge in [-0.05, 0) is 61.6 Å². The molecule has 2 aliphatic heterocycles. The average Bonchev–Trinajstić information content (AvgIpc) is 3.34. The third-order valence-corrected chi connectivity index (χ3v) is 9.88. The van der Waals surface area contributed by atoms with E-state index in [1.54, 1.807) is 13.1 Å². The number of carbonyl (C=O) groups excluding carboxylic acids is 1. The van der Waals surface area contributed by atoms with Gasteiger partial charge >= 0.3 is 0 Å². The smallest absolute Gasteiger partial charge is 0.251 e. The van der Waals surface area contributed by atoms with Gasteiger partial charge in [-0.15, -0.1) is 0 Å². The van der Waals surface area contributed by atoms with E-state index in [0.29, 0.717) is 48.1 Å². The summed E-state index contributed by atoms with van der Waals surface area (Å²) >= 11 is 2.10. The van der Waals surface area contributed by atoms with E-state index < -0.39 is 0 Å². The van der Waals surface area contributed by atoms with Crippen LogP contribution in [0.4, 0.5) is 11.8 Å². The fourth-order valence-corrected chi connectivity index (χ4v) is 7.82. The van der Waals surface area contributed by atoms with Crippen LogP contribution in [0.2, 0.25) is 0 Å². The molecule has 3 aliphatic rings. The number of benzene rings is 1. The number of nitrogens with one attached hydrogen (secondary N) is 1. The zero-order valence-electron chi connectivity index (χ0n) is 22.5. The molecule has 3 aromatic rings. The van der Waals surface area contributed by atoms with E-state index in [-0.39, 0.29) is 18.6 Å². The number of aromatic nitrogens is 3. The number of nitrogens with zero attached hydrogens (tertiary/aromatic N) is 5. The second-order valence-corrected chi connectivity index (χ2v) is 12.0. The molecular weight excluding hydrogens is 512 g/mol. The van der Waals surface area contributed by atoms with E-state index in [4.69, 9.17) is 19.7 Å². The standard InChI is InChI=1S/C29H36N6O3S/c1-18-17-38-12-10-35(18)27-23-6-7-24(19-4-3-5-21(14-19)28(37)30-2)31-26(23)32-29(33-27)34(9-11-36)16-22-15-20-8-13-39-25(20)22/h3-7,14,18,20,22,25,36H,8-13,15-17H2,1-2H3,(H,30,37)/t18-,20+,22?,25?/m0/s1. The maximum atomic E-state index is 12.2. The Balaban J connectivity index is 1.41. The number of fused-ring (bicyclic) bond motifs is 2. The molecule has 2 aromatic heterocycles. The van der Waals surface area contributed by atoms with Gasteiger partial charge in [-0.3, -0.25) is 4.79 Å². The van der Waals surface area contributed by atoms with E-state index in [9.17, 15) is 9.90 Å². The van der Waals surface area contributed by atoms with Crippen LogP contribution in [-0.4, -0.2) is 89.5 Å². The Morgan fingerprint density at radius 3 is 2.95 bits per heavy atom. The number of hydrogen-bond donors (Lipinski definition) is 2. The van der Waals surface area contributed by atoms with Crippen LogP contribution < -0.4 is 15.1 Å². The number of morpholine rings is 1. The molecule has 39 heavy (non-hydrogen) atoms. The van der Waals surface area contributed by atoms with Crippen LogP contribution in [0.15, 0.2) is 36.4 Å². The Hall–Kier alpha value is -2.95. The third kappa shape index (κ3) is 5.17. The van der Waals surface area contributed by atoms with Crippen molar-refractivity contribution in [3.05, 3.63) is 42.0 Å². The molecule has 9 nitrogen and oxygen atoms in total. The molecule has 3 fully saturated rings. The third-order valence-electron chi connectivity index (χ3n) is 8.26. The summed E-state index contributed by atoms with van der Waals surface area (Å²) in [7, 11) is 1.63. The molecule has 0 bridgehead atoms. The van der Waals surface area contributed by atoms with Crippen LogP contribution in [0.5, 0.6) is 0 Å². The van der Waals surface area contributed by atoms with Crippen molar-refractivity contribution >= 4 is 40.5 Å². The molecule has 2 N–H and O–H groups in total. The molecule has 1 amide bonds. The van der Waals surface area contributed by atoms with Crippen LogP contribution in [0.1, 0.15) is 30.1 Å². The lowest BCUT2D eigenvalue weighted by Gasteiger charge is -2.42. The number of thioether (sulfide) groups is 1. The Labute approximate surface area is 233 Å². The van der Waals surface area contributed by atoms with Gasteiger partial charge in [0.25, 0.3) is 5.91 Å². The number of aliphatic hydroxyl groups is 1. The number of carbonyl (C=O) groups is 1. The summed E-state index contributed by atoms with van der Waals surface area (Å²) in [6.07, 6.45) is 2.57. The topological polar surface area (TPSA) is 104 Å². The first-order chi connectivity index (χ1) is 19.1. The van der Waals surface area contributed by atoms with E-state index in [1.807, 2.05) is 30.3 Å². The minimum atomic E-state index is -0.135. The molecule has 2 unspecified atom stereocenters. The van der Waals surface area contributed by atoms with E-state index in [1.165, 1.54) is 18.6 Å². The summed E-state index contributed by atoms with van der Waals surface area (Å²) in [5.74, 6) is 4.02. The summed E-state index contributed by atoms with van der Waals surface area (Å²) in [5, 5.41) is 14.3. The first-order valence-electron chi connectivity index (χ1n) is 13.9. The number of rotatable bonds is 8. The zero-order valence-corrected chi connectivity index (χ0v) is 23.4. The molecule has 206 valence electrons. The van der Waals surface area contributed by atoms with Crippen molar-refractivity contribution in [3.63, 3.8) is 0 Å². The average molecular weight is 549 g/mol. The van der Waals surface area contributed by atoms with Gasteiger partial charge in [-0.1, -0.05) is 12.1 Å². The van der Waals surface area contributed by atoms with Crippen molar-refractivity contribution in [1.29, 1.82) is 0 Å². The Kier molecular flexibility index (Phi) is 7.59. The van der Waals surface area contributed by atoms with Gasteiger partial charge in [0, 0.05) is 43.1 Å². The van der Waals surface area contributed by atoms with Gasteiger partial charge in [-0.25, -0.2) is 4.98 Å². The van der Waals surface area contributed by atoms with Crippen molar-refractivity contribution < 1.29 is 14.6 Å². The molecule has 6 rings (SSSR count). The molecular formula is C29H36N6O3S. The molecule has 0 spiro atoms. The molecule has 10 heteroatoms. The lowest BCUT2D eigenvalue weighted by Crippen LogP contribution is -2.46. The van der Waals surface area contributed by atoms with Crippen LogP contribution in [-0.2, 0) is 4.74 Å². The van der Waals surface area contributed by atoms with Crippen LogP contribution in [0, 0.1) is 11.8 Å². The quantitative estimate of drug-likeness (QED) is 0.439. The van der Waals surface area contributed by atoms with Gasteiger partial charge in [-0.2, -0.15) is 21.7 Å². The number of aliphatic hydroxyl groups excluding tert-OH is 1. The molecule has 1 saturated carbocycles. The maximum Gasteiger partial charge on any atom is 0.251 e. The van der Waals surface area contributed by atoms with Crippen LogP contribution in [0.3, 0.4) is 0 Å². The van der Waals surface area contributed by atoms with Crippen molar-refractivity contribution in [2.45, 2.75) is 31.1 Å². The predicted molar refractivity (Wildman–Crippen MR) is 156 cm³/mol. The fraction of sp³-hybridized carbons (Fsp3) is 0.517. The van der Waals surface area contributed by atoms with Gasteiger partial charge in [0.15, 0.2) is 5.65 Å². The highest BCUT2D eigenvalue weighted by molar-refractivity contribution is 8.00. The Morgan fingerprint density at radius 2 is 2.15 bits per heavy atom. The number of ether oxygens (including phenoxy) is 1. The molecule has 2 saturated heterocycles. The van der Waals surface area contributed by atoms with Crippen molar-refractivity contribution in [2.24, 2.45) is 11.8 Å². The summed E-state index contributed by atoms with van der Waals surface area (Å²) in [6, 6.07) is 11.6. The van der Waals surface area contributed by atoms with Gasteiger partial charge in [0.1, 0.15) is 5.82 Å². The largest absolute Gasteiger partial charge is 0.395 e. The summed E-state index contributed by atoms with van der Waals surface area (Å²) in [5.41, 5.74) is 2.80. The minimum absolute atomic E-state index is 0.0401. The number of pyridine rings is 1. The normalized spacial score (nSPS) is 24.3. The number of amides is 1. The van der Waals surface area contributed by atoms with Crippen LogP contribution in [0.25, 0.3) is 22.3 Å². The molecule has 4 atom stereocenters. The SMILES string of the molecule is CNC(=O)c1cccc(-c2ccc3c(N4CCOC[C@@H]4C)nc(N(CCO)CC4C[C@H]5CCSC45)nc3n2)c1. The van der Waals surface area contributed by atoms with Crippen molar-refractivity contribution in [3.8, 4) is 11.3 Å². The van der Waals surface area contributed by atoms with Gasteiger partial charge < -0.3 is 25.0 Å². The van der Waals surface area contributed by atoms with E-state index in [0.717, 1.165) is 41.5 Å². The molecule has 0 radical (unpaired) electrons. The predicted octanol–water partition coefficient (Wildman–Crippen LogP) is 3.22.